The van der Waals surface area contributed by atoms with Crippen LogP contribution in [-0.2, 0) is 0 Å². The number of nitrogens with zero attached hydrogens (tertiary/aromatic N) is 1. The van der Waals surface area contributed by atoms with Gasteiger partial charge in [-0.3, -0.25) is 0 Å². The number of ether oxygens (including phenoxy) is 1. The van der Waals surface area contributed by atoms with Crippen molar-refractivity contribution in [3.8, 4) is 5.88 Å². The molecule has 0 amide bonds. The fourth-order valence-corrected chi connectivity index (χ4v) is 3.02. The number of aryl methyl sites for hydroxylation is 1. The third-order valence-electron chi connectivity index (χ3n) is 4.84. The molecule has 2 atom stereocenters. The zero-order valence-electron chi connectivity index (χ0n) is 12.1. The maximum Gasteiger partial charge on any atom is 0.213 e. The summed E-state index contributed by atoms with van der Waals surface area (Å²) in [5, 5.41) is 0. The smallest absolute Gasteiger partial charge is 0.213 e. The maximum absolute atomic E-state index is 5.88. The quantitative estimate of drug-likeness (QED) is 0.794. The molecule has 0 spiro atoms. The third kappa shape index (κ3) is 2.68. The van der Waals surface area contributed by atoms with Gasteiger partial charge in [0.25, 0.3) is 0 Å². The highest BCUT2D eigenvalue weighted by Gasteiger charge is 2.41. The summed E-state index contributed by atoms with van der Waals surface area (Å²) in [6, 6.07) is 4.02. The molecule has 1 heterocycles. The lowest BCUT2D eigenvalue weighted by molar-refractivity contribution is 0.0963. The highest BCUT2D eigenvalue weighted by molar-refractivity contribution is 5.16. The average Bonchev–Trinajstić information content (AvgIpc) is 2.72. The molecule has 1 fully saturated rings. The largest absolute Gasteiger partial charge is 0.477 e. The summed E-state index contributed by atoms with van der Waals surface area (Å²) >= 11 is 0. The molecular weight excluding hydrogens is 222 g/mol. The van der Waals surface area contributed by atoms with Gasteiger partial charge in [0.15, 0.2) is 0 Å². The Morgan fingerprint density at radius 1 is 1.44 bits per heavy atom. The summed E-state index contributed by atoms with van der Waals surface area (Å²) in [6.45, 7) is 9.94. The van der Waals surface area contributed by atoms with Crippen LogP contribution < -0.4 is 4.74 Å². The van der Waals surface area contributed by atoms with Gasteiger partial charge in [0, 0.05) is 12.3 Å². The van der Waals surface area contributed by atoms with Crippen LogP contribution in [0.25, 0.3) is 0 Å². The van der Waals surface area contributed by atoms with Crippen molar-refractivity contribution in [2.24, 2.45) is 17.3 Å². The summed E-state index contributed by atoms with van der Waals surface area (Å²) in [5.74, 6) is 2.15. The Morgan fingerprint density at radius 3 is 2.83 bits per heavy atom. The van der Waals surface area contributed by atoms with Gasteiger partial charge in [0.05, 0.1) is 6.61 Å². The zero-order valence-corrected chi connectivity index (χ0v) is 12.1. The second kappa shape index (κ2) is 5.29. The lowest BCUT2D eigenvalue weighted by Gasteiger charge is -2.35. The van der Waals surface area contributed by atoms with Gasteiger partial charge in [-0.15, -0.1) is 0 Å². The van der Waals surface area contributed by atoms with E-state index in [1.54, 1.807) is 0 Å². The Balaban J connectivity index is 1.95. The average molecular weight is 247 g/mol. The zero-order chi connectivity index (χ0) is 13.2. The second-order valence-corrected chi connectivity index (χ2v) is 6.23. The molecule has 1 aromatic rings. The van der Waals surface area contributed by atoms with Crippen LogP contribution in [0.5, 0.6) is 5.88 Å². The van der Waals surface area contributed by atoms with Crippen molar-refractivity contribution in [2.45, 2.75) is 47.0 Å². The van der Waals surface area contributed by atoms with E-state index in [1.807, 2.05) is 19.2 Å². The van der Waals surface area contributed by atoms with Crippen molar-refractivity contribution in [3.05, 3.63) is 23.9 Å². The summed E-state index contributed by atoms with van der Waals surface area (Å²) < 4.78 is 5.88. The van der Waals surface area contributed by atoms with Gasteiger partial charge in [-0.05, 0) is 42.6 Å². The lowest BCUT2D eigenvalue weighted by atomic mass is 9.71. The van der Waals surface area contributed by atoms with Crippen LogP contribution in [0.1, 0.15) is 45.6 Å². The van der Waals surface area contributed by atoms with Gasteiger partial charge in [-0.1, -0.05) is 33.3 Å². The van der Waals surface area contributed by atoms with E-state index in [-0.39, 0.29) is 0 Å². The van der Waals surface area contributed by atoms with Crippen molar-refractivity contribution in [1.29, 1.82) is 0 Å². The number of hydrogen-bond acceptors (Lipinski definition) is 2. The molecule has 18 heavy (non-hydrogen) atoms. The summed E-state index contributed by atoms with van der Waals surface area (Å²) in [4.78, 5) is 4.31. The van der Waals surface area contributed by atoms with E-state index in [0.29, 0.717) is 11.3 Å². The Hall–Kier alpha value is -1.05. The fourth-order valence-electron chi connectivity index (χ4n) is 3.02. The van der Waals surface area contributed by atoms with Crippen LogP contribution in [0, 0.1) is 24.2 Å². The monoisotopic (exact) mass is 247 g/mol. The van der Waals surface area contributed by atoms with E-state index < -0.39 is 0 Å². The van der Waals surface area contributed by atoms with Crippen LogP contribution in [-0.4, -0.2) is 11.6 Å². The molecule has 0 bridgehead atoms. The van der Waals surface area contributed by atoms with Crippen molar-refractivity contribution in [1.82, 2.24) is 4.98 Å². The van der Waals surface area contributed by atoms with Gasteiger partial charge in [-0.2, -0.15) is 0 Å². The Morgan fingerprint density at radius 2 is 2.22 bits per heavy atom. The first-order valence-corrected chi connectivity index (χ1v) is 7.08. The van der Waals surface area contributed by atoms with E-state index in [0.717, 1.165) is 18.4 Å². The predicted molar refractivity (Wildman–Crippen MR) is 74.8 cm³/mol. The fraction of sp³-hybridized carbons (Fsp3) is 0.688. The number of pyridine rings is 1. The van der Waals surface area contributed by atoms with E-state index >= 15 is 0 Å². The Labute approximate surface area is 111 Å². The van der Waals surface area contributed by atoms with E-state index in [2.05, 4.69) is 31.8 Å². The van der Waals surface area contributed by atoms with Gasteiger partial charge in [-0.25, -0.2) is 4.98 Å². The standard InChI is InChI=1S/C16H25NO/c1-12(2)16(4)9-5-6-14(16)11-18-15-8-7-13(3)10-17-15/h7-8,10,12,14H,5-6,9,11H2,1-4H3. The number of rotatable bonds is 4. The highest BCUT2D eigenvalue weighted by atomic mass is 16.5. The first kappa shape index (κ1) is 13.4. The molecule has 1 aliphatic rings. The van der Waals surface area contributed by atoms with Gasteiger partial charge in [0.1, 0.15) is 0 Å². The second-order valence-electron chi connectivity index (χ2n) is 6.23. The van der Waals surface area contributed by atoms with E-state index in [1.165, 1.54) is 24.8 Å². The third-order valence-corrected chi connectivity index (χ3v) is 4.84. The Kier molecular flexibility index (Phi) is 3.94. The predicted octanol–water partition coefficient (Wildman–Crippen LogP) is 4.23. The first-order valence-electron chi connectivity index (χ1n) is 7.08. The summed E-state index contributed by atoms with van der Waals surface area (Å²) in [7, 11) is 0. The van der Waals surface area contributed by atoms with Crippen molar-refractivity contribution in [3.63, 3.8) is 0 Å². The minimum absolute atomic E-state index is 0.435. The summed E-state index contributed by atoms with van der Waals surface area (Å²) in [6.07, 6.45) is 5.83. The molecule has 2 rings (SSSR count). The normalized spacial score (nSPS) is 27.7. The SMILES string of the molecule is Cc1ccc(OCC2CCCC2(C)C(C)C)nc1. The van der Waals surface area contributed by atoms with Crippen LogP contribution in [0.2, 0.25) is 0 Å². The molecule has 2 nitrogen and oxygen atoms in total. The Bertz CT molecular complexity index is 385. The molecule has 0 aliphatic heterocycles. The van der Waals surface area contributed by atoms with Crippen LogP contribution >= 0.6 is 0 Å². The summed E-state index contributed by atoms with van der Waals surface area (Å²) in [5.41, 5.74) is 1.61. The molecule has 1 saturated carbocycles. The van der Waals surface area contributed by atoms with Gasteiger partial charge >= 0.3 is 0 Å². The first-order chi connectivity index (χ1) is 8.52. The molecule has 1 aromatic heterocycles. The van der Waals surface area contributed by atoms with Crippen molar-refractivity contribution in [2.75, 3.05) is 6.61 Å². The van der Waals surface area contributed by atoms with Crippen LogP contribution in [0.3, 0.4) is 0 Å². The van der Waals surface area contributed by atoms with Crippen LogP contribution in [0.4, 0.5) is 0 Å². The molecule has 0 aromatic carbocycles. The van der Waals surface area contributed by atoms with Crippen molar-refractivity contribution < 1.29 is 4.74 Å². The molecule has 0 radical (unpaired) electrons. The number of hydrogen-bond donors (Lipinski definition) is 0. The molecular formula is C16H25NO. The van der Waals surface area contributed by atoms with Gasteiger partial charge < -0.3 is 4.74 Å². The molecule has 0 saturated heterocycles. The topological polar surface area (TPSA) is 22.1 Å². The lowest BCUT2D eigenvalue weighted by Crippen LogP contribution is -2.31. The molecule has 2 heteroatoms. The molecule has 2 unspecified atom stereocenters. The van der Waals surface area contributed by atoms with Gasteiger partial charge in [0.2, 0.25) is 5.88 Å². The van der Waals surface area contributed by atoms with E-state index in [9.17, 15) is 0 Å². The number of aromatic nitrogens is 1. The molecule has 100 valence electrons. The minimum atomic E-state index is 0.435. The minimum Gasteiger partial charge on any atom is -0.477 e. The maximum atomic E-state index is 5.88. The molecule has 0 N–H and O–H groups in total. The van der Waals surface area contributed by atoms with Crippen LogP contribution in [0.15, 0.2) is 18.3 Å². The highest BCUT2D eigenvalue weighted by Crippen LogP contribution is 2.48. The van der Waals surface area contributed by atoms with E-state index in [4.69, 9.17) is 4.74 Å². The molecule has 1 aliphatic carbocycles. The van der Waals surface area contributed by atoms with Crippen molar-refractivity contribution >= 4 is 0 Å².